The van der Waals surface area contributed by atoms with Crippen LogP contribution in [0.25, 0.3) is 0 Å². The number of amides is 3. The predicted octanol–water partition coefficient (Wildman–Crippen LogP) is 5.38. The van der Waals surface area contributed by atoms with Crippen molar-refractivity contribution >= 4 is 46.6 Å². The van der Waals surface area contributed by atoms with Gasteiger partial charge in [0.15, 0.2) is 11.4 Å². The topological polar surface area (TPSA) is 134 Å². The van der Waals surface area contributed by atoms with Gasteiger partial charge < -0.3 is 20.4 Å². The second-order valence-corrected chi connectivity index (χ2v) is 16.7. The van der Waals surface area contributed by atoms with Crippen LogP contribution in [0.1, 0.15) is 110 Å². The van der Waals surface area contributed by atoms with Crippen molar-refractivity contribution in [3.63, 3.8) is 0 Å². The molecule has 1 saturated heterocycles. The minimum atomic E-state index is -0.995. The molecular weight excluding hydrogens is 644 g/mol. The summed E-state index contributed by atoms with van der Waals surface area (Å²) in [4.78, 5) is 75.7. The van der Waals surface area contributed by atoms with Crippen LogP contribution in [-0.4, -0.2) is 70.2 Å². The number of hydrogen-bond donors (Lipinski definition) is 2. The first-order valence-electron chi connectivity index (χ1n) is 18.3. The van der Waals surface area contributed by atoms with Crippen LogP contribution in [0.2, 0.25) is 5.02 Å². The Labute approximate surface area is 294 Å². The van der Waals surface area contributed by atoms with Crippen LogP contribution >= 0.6 is 11.6 Å². The number of benzene rings is 1. The number of hydrogen-bond acceptors (Lipinski definition) is 7. The summed E-state index contributed by atoms with van der Waals surface area (Å²) >= 11 is 6.26. The maximum Gasteiger partial charge on any atom is 0.246 e. The number of nitrogens with one attached hydrogen (secondary N) is 2. The molecular formula is C38H51ClN4O6. The van der Waals surface area contributed by atoms with Crippen LogP contribution in [0.4, 0.5) is 0 Å². The molecule has 3 saturated carbocycles. The quantitative estimate of drug-likeness (QED) is 0.282. The molecule has 4 fully saturated rings. The van der Waals surface area contributed by atoms with E-state index >= 15 is 0 Å². The third kappa shape index (κ3) is 8.05. The summed E-state index contributed by atoms with van der Waals surface area (Å²) in [5.74, 6) is -0.995. The zero-order valence-corrected chi connectivity index (χ0v) is 30.0. The second kappa shape index (κ2) is 14.2. The number of carbonyl (C=O) groups excluding carboxylic acids is 5. The molecule has 49 heavy (non-hydrogen) atoms. The first kappa shape index (κ1) is 35.6. The van der Waals surface area contributed by atoms with Gasteiger partial charge in [-0.05, 0) is 48.1 Å². The Bertz CT molecular complexity index is 1510. The van der Waals surface area contributed by atoms with Crippen LogP contribution < -0.4 is 10.6 Å². The van der Waals surface area contributed by atoms with Gasteiger partial charge in [-0.2, -0.15) is 0 Å². The van der Waals surface area contributed by atoms with Crippen LogP contribution in [-0.2, 0) is 28.8 Å². The number of halogens is 1. The number of likely N-dealkylation sites (tertiary alicyclic amines) is 1. The summed E-state index contributed by atoms with van der Waals surface area (Å²) in [7, 11) is 0. The molecule has 2 N–H and O–H groups in total. The maximum absolute atomic E-state index is 14.7. The molecule has 5 aliphatic rings. The van der Waals surface area contributed by atoms with Crippen molar-refractivity contribution in [1.82, 2.24) is 15.5 Å². The third-order valence-corrected chi connectivity index (χ3v) is 11.5. The van der Waals surface area contributed by atoms with E-state index < -0.39 is 46.6 Å². The average molecular weight is 695 g/mol. The highest BCUT2D eigenvalue weighted by atomic mass is 35.5. The smallest absolute Gasteiger partial charge is 0.246 e. The van der Waals surface area contributed by atoms with Gasteiger partial charge in [0.2, 0.25) is 23.5 Å². The number of Topliss-reactive ketones (excluding diaryl/α,β-unsaturated/α-hetero) is 2. The Balaban J connectivity index is 1.23. The van der Waals surface area contributed by atoms with Crippen molar-refractivity contribution < 1.29 is 28.8 Å². The summed E-state index contributed by atoms with van der Waals surface area (Å²) in [5, 5.41) is 10.9. The lowest BCUT2D eigenvalue weighted by molar-refractivity contribution is -0.145. The fourth-order valence-corrected chi connectivity index (χ4v) is 8.36. The molecule has 1 aromatic carbocycles. The number of oxime groups is 1. The molecule has 2 heterocycles. The highest BCUT2D eigenvalue weighted by molar-refractivity contribution is 6.39. The van der Waals surface area contributed by atoms with E-state index in [9.17, 15) is 24.0 Å². The minimum absolute atomic E-state index is 0.0556. The van der Waals surface area contributed by atoms with E-state index in [2.05, 4.69) is 15.8 Å². The van der Waals surface area contributed by atoms with Crippen molar-refractivity contribution in [2.24, 2.45) is 34.2 Å². The third-order valence-electron chi connectivity index (χ3n) is 11.3. The normalized spacial score (nSPS) is 28.0. The number of nitrogens with zero attached hydrogens (tertiary/aromatic N) is 2. The van der Waals surface area contributed by atoms with Crippen molar-refractivity contribution in [1.29, 1.82) is 0 Å². The van der Waals surface area contributed by atoms with Gasteiger partial charge in [-0.1, -0.05) is 102 Å². The van der Waals surface area contributed by atoms with Crippen molar-refractivity contribution in [3.8, 4) is 0 Å². The van der Waals surface area contributed by atoms with E-state index in [0.29, 0.717) is 35.4 Å². The molecule has 1 aromatic rings. The highest BCUT2D eigenvalue weighted by Gasteiger charge is 2.56. The lowest BCUT2D eigenvalue weighted by Crippen LogP contribution is -2.59. The number of ketones is 2. The van der Waals surface area contributed by atoms with Gasteiger partial charge in [0.25, 0.3) is 0 Å². The van der Waals surface area contributed by atoms with E-state index in [1.165, 1.54) is 24.2 Å². The predicted molar refractivity (Wildman–Crippen MR) is 186 cm³/mol. The van der Waals surface area contributed by atoms with Gasteiger partial charge in [0.1, 0.15) is 12.1 Å². The second-order valence-electron chi connectivity index (χ2n) is 16.3. The maximum atomic E-state index is 14.7. The van der Waals surface area contributed by atoms with E-state index in [1.54, 1.807) is 19.1 Å². The molecule has 266 valence electrons. The van der Waals surface area contributed by atoms with Crippen molar-refractivity contribution in [3.05, 3.63) is 34.9 Å². The van der Waals surface area contributed by atoms with Crippen LogP contribution in [0.3, 0.4) is 0 Å². The molecule has 10 nitrogen and oxygen atoms in total. The first-order valence-corrected chi connectivity index (χ1v) is 18.7. The van der Waals surface area contributed by atoms with Crippen molar-refractivity contribution in [2.75, 3.05) is 6.54 Å². The highest BCUT2D eigenvalue weighted by Crippen LogP contribution is 2.50. The fourth-order valence-electron chi connectivity index (χ4n) is 8.17. The summed E-state index contributed by atoms with van der Waals surface area (Å²) in [6.07, 6.45) is 9.69. The SMILES string of the molecule is CCC(=O)C(=O)[C@H](CC1CC1)NC(=O)[C@@H]1C[C@]2(CC(c3cccc(Cl)c3)=NO2)CN1C(=O)[C@@H](NC(=O)[C@@H]1C[C@H]1C1CCCCC1)C(C)(C)C. The molecule has 3 amide bonds. The van der Waals surface area contributed by atoms with Gasteiger partial charge >= 0.3 is 0 Å². The summed E-state index contributed by atoms with van der Waals surface area (Å²) in [6, 6.07) is 4.45. The largest absolute Gasteiger partial charge is 0.387 e. The van der Waals surface area contributed by atoms with E-state index in [-0.39, 0.29) is 43.0 Å². The van der Waals surface area contributed by atoms with Gasteiger partial charge in [0, 0.05) is 35.8 Å². The number of carbonyl (C=O) groups is 5. The summed E-state index contributed by atoms with van der Waals surface area (Å²) in [6.45, 7) is 7.44. The van der Waals surface area contributed by atoms with Gasteiger partial charge in [-0.15, -0.1) is 0 Å². The Hall–Kier alpha value is -3.27. The molecule has 1 spiro atoms. The lowest BCUT2D eigenvalue weighted by atomic mass is 9.84. The molecule has 6 atom stereocenters. The lowest BCUT2D eigenvalue weighted by Gasteiger charge is -2.36. The molecule has 3 aliphatic carbocycles. The monoisotopic (exact) mass is 694 g/mol. The van der Waals surface area contributed by atoms with E-state index in [1.807, 2.05) is 32.9 Å². The van der Waals surface area contributed by atoms with E-state index in [4.69, 9.17) is 16.4 Å². The standard InChI is InChI=1S/C38H51ClN4O6/c1-5-31(44)32(45)28(16-22-14-15-22)40-35(47)30-20-38(19-29(42-49-38)24-12-9-13-25(39)17-24)21-43(30)36(48)33(37(2,3)4)41-34(46)27-18-26(27)23-10-7-6-8-11-23/h9,12-13,17,22-23,26-28,30,33H,5-8,10-11,14-16,18-21H2,1-4H3,(H,40,47)(H,41,46)/t26-,27+,28-,30-,33+,38+/m0/s1. The fraction of sp³-hybridized carbons (Fsp3) is 0.684. The molecule has 0 radical (unpaired) electrons. The van der Waals surface area contributed by atoms with E-state index in [0.717, 1.165) is 37.7 Å². The van der Waals surface area contributed by atoms with Gasteiger partial charge in [-0.3, -0.25) is 24.0 Å². The minimum Gasteiger partial charge on any atom is -0.387 e. The molecule has 0 unspecified atom stereocenters. The average Bonchev–Trinajstić information content (AvgIpc) is 4.00. The Morgan fingerprint density at radius 1 is 1.04 bits per heavy atom. The summed E-state index contributed by atoms with van der Waals surface area (Å²) in [5.41, 5.74) is -0.190. The Morgan fingerprint density at radius 2 is 1.78 bits per heavy atom. The zero-order chi connectivity index (χ0) is 35.1. The summed E-state index contributed by atoms with van der Waals surface area (Å²) < 4.78 is 0. The number of rotatable bonds is 12. The first-order chi connectivity index (χ1) is 23.3. The van der Waals surface area contributed by atoms with Crippen molar-refractivity contribution in [2.45, 2.75) is 128 Å². The molecule has 0 bridgehead atoms. The van der Waals surface area contributed by atoms with Crippen LogP contribution in [0.5, 0.6) is 0 Å². The molecule has 11 heteroatoms. The molecule has 0 aromatic heterocycles. The zero-order valence-electron chi connectivity index (χ0n) is 29.3. The van der Waals surface area contributed by atoms with Gasteiger partial charge in [0.05, 0.1) is 18.3 Å². The molecule has 2 aliphatic heterocycles. The Kier molecular flexibility index (Phi) is 10.3. The van der Waals surface area contributed by atoms with Crippen LogP contribution in [0, 0.1) is 29.1 Å². The Morgan fingerprint density at radius 3 is 2.43 bits per heavy atom. The molecule has 6 rings (SSSR count). The van der Waals surface area contributed by atoms with Crippen LogP contribution in [0.15, 0.2) is 29.4 Å². The van der Waals surface area contributed by atoms with Gasteiger partial charge in [-0.25, -0.2) is 0 Å².